The molecule has 0 atom stereocenters. The number of nitrogens with zero attached hydrogens (tertiary/aromatic N) is 4. The normalized spacial score (nSPS) is 11.4. The van der Waals surface area contributed by atoms with Gasteiger partial charge in [-0.1, -0.05) is 35.9 Å². The van der Waals surface area contributed by atoms with Crippen molar-refractivity contribution in [1.29, 1.82) is 0 Å². The molecule has 126 valence electrons. The zero-order chi connectivity index (χ0) is 17.7. The second-order valence-corrected chi connectivity index (χ2v) is 7.14. The third-order valence-electron chi connectivity index (χ3n) is 4.14. The molecule has 0 saturated carbocycles. The Bertz CT molecular complexity index is 1270. The van der Waals surface area contributed by atoms with Gasteiger partial charge in [0.1, 0.15) is 0 Å². The Morgan fingerprint density at radius 1 is 1.04 bits per heavy atom. The van der Waals surface area contributed by atoms with Crippen LogP contribution in [0.4, 0.5) is 0 Å². The summed E-state index contributed by atoms with van der Waals surface area (Å²) in [5.74, 6) is 0.776. The highest BCUT2D eigenvalue weighted by molar-refractivity contribution is 7.12. The number of fused-ring (bicyclic) bond motifs is 3. The number of carbonyl (C=O) groups excluding carboxylic acids is 1. The number of para-hydroxylation sites is 2. The number of hydrogen-bond donors (Lipinski definition) is 0. The van der Waals surface area contributed by atoms with Gasteiger partial charge < -0.3 is 0 Å². The molecule has 0 spiro atoms. The number of benzene rings is 2. The van der Waals surface area contributed by atoms with Crippen LogP contribution in [0, 0.1) is 0 Å². The molecule has 0 fully saturated rings. The quantitative estimate of drug-likeness (QED) is 0.430. The largest absolute Gasteiger partial charge is 0.284 e. The van der Waals surface area contributed by atoms with Crippen LogP contribution >= 0.6 is 22.9 Å². The molecule has 0 aliphatic carbocycles. The van der Waals surface area contributed by atoms with Crippen molar-refractivity contribution in [2.45, 2.75) is 0 Å². The van der Waals surface area contributed by atoms with Gasteiger partial charge in [0.05, 0.1) is 21.6 Å². The first-order valence-corrected chi connectivity index (χ1v) is 9.18. The molecule has 5 nitrogen and oxygen atoms in total. The van der Waals surface area contributed by atoms with Crippen LogP contribution in [0.2, 0.25) is 5.02 Å². The maximum Gasteiger partial charge on any atom is 0.240 e. The highest BCUT2D eigenvalue weighted by atomic mass is 35.5. The van der Waals surface area contributed by atoms with Crippen LogP contribution in [0.3, 0.4) is 0 Å². The Morgan fingerprint density at radius 3 is 2.73 bits per heavy atom. The van der Waals surface area contributed by atoms with E-state index in [2.05, 4.69) is 10.1 Å². The molecule has 0 radical (unpaired) electrons. The van der Waals surface area contributed by atoms with Crippen molar-refractivity contribution in [3.8, 4) is 5.69 Å². The summed E-state index contributed by atoms with van der Waals surface area (Å²) in [6, 6.07) is 18.7. The molecule has 0 aliphatic heterocycles. The van der Waals surface area contributed by atoms with E-state index < -0.39 is 0 Å². The van der Waals surface area contributed by atoms with Gasteiger partial charge in [0.2, 0.25) is 17.4 Å². The smallest absolute Gasteiger partial charge is 0.240 e. The van der Waals surface area contributed by atoms with Crippen LogP contribution in [0.5, 0.6) is 0 Å². The molecule has 2 aromatic carbocycles. The van der Waals surface area contributed by atoms with Crippen molar-refractivity contribution in [2.24, 2.45) is 0 Å². The van der Waals surface area contributed by atoms with E-state index in [-0.39, 0.29) is 5.78 Å². The lowest BCUT2D eigenvalue weighted by Crippen LogP contribution is -2.06. The summed E-state index contributed by atoms with van der Waals surface area (Å²) in [5, 5.41) is 7.06. The number of thiophene rings is 1. The fourth-order valence-corrected chi connectivity index (χ4v) is 3.84. The van der Waals surface area contributed by atoms with E-state index in [0.717, 1.165) is 16.7 Å². The Hall–Kier alpha value is -2.96. The Balaban J connectivity index is 1.86. The van der Waals surface area contributed by atoms with E-state index in [1.807, 2.05) is 47.8 Å². The molecule has 0 N–H and O–H groups in total. The number of aromatic nitrogens is 4. The van der Waals surface area contributed by atoms with Gasteiger partial charge in [-0.05, 0) is 41.8 Å². The first-order chi connectivity index (χ1) is 12.7. The number of halogens is 1. The maximum atomic E-state index is 13.0. The highest BCUT2D eigenvalue weighted by Crippen LogP contribution is 2.24. The second-order valence-electron chi connectivity index (χ2n) is 5.76. The average Bonchev–Trinajstić information content (AvgIpc) is 3.37. The molecule has 0 amide bonds. The summed E-state index contributed by atoms with van der Waals surface area (Å²) in [4.78, 5) is 18.4. The van der Waals surface area contributed by atoms with Crippen molar-refractivity contribution >= 4 is 45.5 Å². The van der Waals surface area contributed by atoms with Crippen LogP contribution in [0.15, 0.2) is 66.0 Å². The third-order valence-corrected chi connectivity index (χ3v) is 5.24. The van der Waals surface area contributed by atoms with Crippen LogP contribution in [-0.2, 0) is 0 Å². The van der Waals surface area contributed by atoms with Crippen LogP contribution < -0.4 is 0 Å². The van der Waals surface area contributed by atoms with Gasteiger partial charge in [-0.15, -0.1) is 16.4 Å². The SMILES string of the molecule is O=C(c1cccs1)c1nn(-c2cccc(Cl)c2)c2nc3ccccc3n12. The third kappa shape index (κ3) is 2.27. The summed E-state index contributed by atoms with van der Waals surface area (Å²) >= 11 is 7.54. The molecule has 26 heavy (non-hydrogen) atoms. The standard InChI is InChI=1S/C19H11ClN4OS/c20-12-5-3-6-13(11-12)24-19-21-14-7-1-2-8-15(14)23(19)18(22-24)17(25)16-9-4-10-26-16/h1-11H. The van der Waals surface area contributed by atoms with E-state index in [1.54, 1.807) is 27.3 Å². The molecule has 0 bridgehead atoms. The summed E-state index contributed by atoms with van der Waals surface area (Å²) in [5.41, 5.74) is 2.40. The average molecular weight is 379 g/mol. The van der Waals surface area contributed by atoms with Gasteiger partial charge in [-0.2, -0.15) is 4.68 Å². The molecule has 0 aliphatic rings. The summed E-state index contributed by atoms with van der Waals surface area (Å²) in [6.45, 7) is 0. The van der Waals surface area contributed by atoms with E-state index in [1.165, 1.54) is 11.3 Å². The first-order valence-electron chi connectivity index (χ1n) is 7.93. The highest BCUT2D eigenvalue weighted by Gasteiger charge is 2.23. The zero-order valence-electron chi connectivity index (χ0n) is 13.3. The van der Waals surface area contributed by atoms with Gasteiger partial charge in [-0.3, -0.25) is 9.20 Å². The van der Waals surface area contributed by atoms with Crippen molar-refractivity contribution in [1.82, 2.24) is 19.2 Å². The lowest BCUT2D eigenvalue weighted by molar-refractivity contribution is 0.103. The van der Waals surface area contributed by atoms with Crippen LogP contribution in [0.25, 0.3) is 22.5 Å². The molecular weight excluding hydrogens is 368 g/mol. The number of imidazole rings is 1. The predicted octanol–water partition coefficient (Wildman–Crippen LogP) is 4.62. The van der Waals surface area contributed by atoms with E-state index in [9.17, 15) is 4.79 Å². The summed E-state index contributed by atoms with van der Waals surface area (Å²) in [6.07, 6.45) is 0. The number of ketones is 1. The fraction of sp³-hybridized carbons (Fsp3) is 0. The Kier molecular flexibility index (Phi) is 3.41. The number of hydrogen-bond acceptors (Lipinski definition) is 4. The van der Waals surface area contributed by atoms with Crippen LogP contribution in [-0.4, -0.2) is 24.9 Å². The van der Waals surface area contributed by atoms with E-state index in [4.69, 9.17) is 11.6 Å². The van der Waals surface area contributed by atoms with Crippen molar-refractivity contribution in [3.05, 3.63) is 81.8 Å². The molecule has 7 heteroatoms. The summed E-state index contributed by atoms with van der Waals surface area (Å²) < 4.78 is 3.46. The monoisotopic (exact) mass is 378 g/mol. The second kappa shape index (κ2) is 5.79. The van der Waals surface area contributed by atoms with Gasteiger partial charge in [0.15, 0.2) is 0 Å². The summed E-state index contributed by atoms with van der Waals surface area (Å²) in [7, 11) is 0. The first kappa shape index (κ1) is 15.3. The minimum absolute atomic E-state index is 0.131. The Morgan fingerprint density at radius 2 is 1.92 bits per heavy atom. The van der Waals surface area contributed by atoms with Gasteiger partial charge in [-0.25, -0.2) is 4.98 Å². The van der Waals surface area contributed by atoms with Gasteiger partial charge in [0, 0.05) is 5.02 Å². The fourth-order valence-electron chi connectivity index (χ4n) is 2.99. The topological polar surface area (TPSA) is 52.2 Å². The molecule has 5 aromatic rings. The zero-order valence-corrected chi connectivity index (χ0v) is 14.9. The number of carbonyl (C=O) groups is 1. The van der Waals surface area contributed by atoms with Crippen LogP contribution in [0.1, 0.15) is 15.5 Å². The van der Waals surface area contributed by atoms with Gasteiger partial charge >= 0.3 is 0 Å². The Labute approximate surface area is 157 Å². The van der Waals surface area contributed by atoms with E-state index in [0.29, 0.717) is 21.5 Å². The molecule has 0 unspecified atom stereocenters. The lowest BCUT2D eigenvalue weighted by atomic mass is 10.3. The maximum absolute atomic E-state index is 13.0. The minimum atomic E-state index is -0.131. The predicted molar refractivity (Wildman–Crippen MR) is 103 cm³/mol. The van der Waals surface area contributed by atoms with Crippen molar-refractivity contribution < 1.29 is 4.79 Å². The molecule has 0 saturated heterocycles. The van der Waals surface area contributed by atoms with Crippen molar-refractivity contribution in [3.63, 3.8) is 0 Å². The molecule has 3 heterocycles. The van der Waals surface area contributed by atoms with Crippen molar-refractivity contribution in [2.75, 3.05) is 0 Å². The number of rotatable bonds is 3. The minimum Gasteiger partial charge on any atom is -0.284 e. The van der Waals surface area contributed by atoms with E-state index >= 15 is 0 Å². The lowest BCUT2D eigenvalue weighted by Gasteiger charge is -2.00. The van der Waals surface area contributed by atoms with Gasteiger partial charge in [0.25, 0.3) is 0 Å². The molecule has 3 aromatic heterocycles. The molecule has 5 rings (SSSR count). The molecular formula is C19H11ClN4OS.